The standard InChI is InChI=1S/C16H24N2O3/c1-2-13(7-8-19)10-18-11-15(20)12-21-16-6-4-3-5-14(16)9-17/h3-6,13,15,18-20H,2,7-8,10-12H2,1H3. The SMILES string of the molecule is CCC(CCO)CNCC(O)COc1ccccc1C#N. The van der Waals surface area contributed by atoms with E-state index in [-0.39, 0.29) is 13.2 Å². The molecule has 116 valence electrons. The largest absolute Gasteiger partial charge is 0.489 e. The van der Waals surface area contributed by atoms with Gasteiger partial charge in [0.15, 0.2) is 0 Å². The number of nitriles is 1. The lowest BCUT2D eigenvalue weighted by Crippen LogP contribution is -2.34. The Balaban J connectivity index is 2.28. The van der Waals surface area contributed by atoms with E-state index in [2.05, 4.69) is 18.3 Å². The molecule has 0 radical (unpaired) electrons. The normalized spacial score (nSPS) is 13.4. The Morgan fingerprint density at radius 3 is 2.76 bits per heavy atom. The molecular weight excluding hydrogens is 268 g/mol. The molecule has 5 nitrogen and oxygen atoms in total. The summed E-state index contributed by atoms with van der Waals surface area (Å²) < 4.78 is 5.47. The third kappa shape index (κ3) is 6.58. The van der Waals surface area contributed by atoms with Gasteiger partial charge < -0.3 is 20.3 Å². The lowest BCUT2D eigenvalue weighted by molar-refractivity contribution is 0.105. The van der Waals surface area contributed by atoms with Gasteiger partial charge in [0.05, 0.1) is 5.56 Å². The predicted octanol–water partition coefficient (Wildman–Crippen LogP) is 1.30. The van der Waals surface area contributed by atoms with E-state index in [1.165, 1.54) is 0 Å². The third-order valence-electron chi connectivity index (χ3n) is 3.37. The minimum atomic E-state index is -0.636. The number of rotatable bonds is 10. The van der Waals surface area contributed by atoms with Crippen molar-refractivity contribution < 1.29 is 14.9 Å². The van der Waals surface area contributed by atoms with Gasteiger partial charge in [0.25, 0.3) is 0 Å². The molecule has 2 unspecified atom stereocenters. The molecule has 3 N–H and O–H groups in total. The summed E-state index contributed by atoms with van der Waals surface area (Å²) in [4.78, 5) is 0. The van der Waals surface area contributed by atoms with E-state index in [1.54, 1.807) is 24.3 Å². The fraction of sp³-hybridized carbons (Fsp3) is 0.562. The van der Waals surface area contributed by atoms with Crippen molar-refractivity contribution in [1.29, 1.82) is 5.26 Å². The molecule has 21 heavy (non-hydrogen) atoms. The van der Waals surface area contributed by atoms with Gasteiger partial charge >= 0.3 is 0 Å². The highest BCUT2D eigenvalue weighted by atomic mass is 16.5. The first-order valence-corrected chi connectivity index (χ1v) is 7.32. The van der Waals surface area contributed by atoms with E-state index < -0.39 is 6.10 Å². The van der Waals surface area contributed by atoms with Gasteiger partial charge in [-0.1, -0.05) is 25.5 Å². The van der Waals surface area contributed by atoms with Crippen LogP contribution < -0.4 is 10.1 Å². The predicted molar refractivity (Wildman–Crippen MR) is 81.0 cm³/mol. The lowest BCUT2D eigenvalue weighted by atomic mass is 10.0. The number of hydrogen-bond donors (Lipinski definition) is 3. The smallest absolute Gasteiger partial charge is 0.137 e. The molecule has 1 aromatic carbocycles. The van der Waals surface area contributed by atoms with Crippen molar-refractivity contribution in [3.63, 3.8) is 0 Å². The van der Waals surface area contributed by atoms with Crippen LogP contribution in [0.1, 0.15) is 25.3 Å². The molecule has 0 heterocycles. The summed E-state index contributed by atoms with van der Waals surface area (Å²) in [6, 6.07) is 9.02. The summed E-state index contributed by atoms with van der Waals surface area (Å²) >= 11 is 0. The molecule has 0 aliphatic carbocycles. The van der Waals surface area contributed by atoms with Gasteiger partial charge in [-0.2, -0.15) is 5.26 Å². The number of nitrogens with zero attached hydrogens (tertiary/aromatic N) is 1. The maximum Gasteiger partial charge on any atom is 0.137 e. The van der Waals surface area contributed by atoms with Crippen molar-refractivity contribution in [3.8, 4) is 11.8 Å². The molecule has 0 aliphatic rings. The van der Waals surface area contributed by atoms with Crippen molar-refractivity contribution in [2.75, 3.05) is 26.3 Å². The van der Waals surface area contributed by atoms with Crippen molar-refractivity contribution in [3.05, 3.63) is 29.8 Å². The van der Waals surface area contributed by atoms with E-state index in [4.69, 9.17) is 15.1 Å². The van der Waals surface area contributed by atoms with E-state index in [9.17, 15) is 5.11 Å². The number of benzene rings is 1. The zero-order valence-corrected chi connectivity index (χ0v) is 12.5. The lowest BCUT2D eigenvalue weighted by Gasteiger charge is -2.17. The van der Waals surface area contributed by atoms with Crippen molar-refractivity contribution >= 4 is 0 Å². The van der Waals surface area contributed by atoms with E-state index >= 15 is 0 Å². The van der Waals surface area contributed by atoms with Crippen LogP contribution in [0.15, 0.2) is 24.3 Å². The topological polar surface area (TPSA) is 85.5 Å². The van der Waals surface area contributed by atoms with Gasteiger partial charge in [0.1, 0.15) is 24.5 Å². The second kappa shape index (κ2) is 10.2. The molecule has 0 bridgehead atoms. The van der Waals surface area contributed by atoms with Gasteiger partial charge in [-0.05, 0) is 31.0 Å². The summed E-state index contributed by atoms with van der Waals surface area (Å²) in [5, 5.41) is 30.9. The first kappa shape index (κ1) is 17.4. The van der Waals surface area contributed by atoms with Gasteiger partial charge in [-0.3, -0.25) is 0 Å². The Kier molecular flexibility index (Phi) is 8.44. The fourth-order valence-corrected chi connectivity index (χ4v) is 2.02. The Bertz CT molecular complexity index is 445. The van der Waals surface area contributed by atoms with Crippen molar-refractivity contribution in [1.82, 2.24) is 5.32 Å². The monoisotopic (exact) mass is 292 g/mol. The number of ether oxygens (including phenoxy) is 1. The average Bonchev–Trinajstić information content (AvgIpc) is 2.52. The number of aliphatic hydroxyl groups is 2. The molecule has 0 saturated carbocycles. The molecule has 0 spiro atoms. The minimum Gasteiger partial charge on any atom is -0.489 e. The van der Waals surface area contributed by atoms with Crippen LogP contribution in [0.2, 0.25) is 0 Å². The Labute approximate surface area is 126 Å². The Hall–Kier alpha value is -1.61. The van der Waals surface area contributed by atoms with Gasteiger partial charge in [0.2, 0.25) is 0 Å². The van der Waals surface area contributed by atoms with Crippen LogP contribution in [0, 0.1) is 17.2 Å². The molecule has 0 amide bonds. The highest BCUT2D eigenvalue weighted by Crippen LogP contribution is 2.16. The maximum atomic E-state index is 9.87. The number of para-hydroxylation sites is 1. The number of hydrogen-bond acceptors (Lipinski definition) is 5. The number of aliphatic hydroxyl groups excluding tert-OH is 2. The van der Waals surface area contributed by atoms with E-state index in [0.29, 0.717) is 23.8 Å². The molecular formula is C16H24N2O3. The minimum absolute atomic E-state index is 0.141. The molecule has 0 saturated heterocycles. The summed E-state index contributed by atoms with van der Waals surface area (Å²) in [6.07, 6.45) is 1.13. The zero-order valence-electron chi connectivity index (χ0n) is 12.5. The maximum absolute atomic E-state index is 9.87. The molecule has 2 atom stereocenters. The summed E-state index contributed by atoms with van der Waals surface area (Å²) in [5.74, 6) is 0.910. The molecule has 1 rings (SSSR count). The quantitative estimate of drug-likeness (QED) is 0.605. The highest BCUT2D eigenvalue weighted by Gasteiger charge is 2.09. The van der Waals surface area contributed by atoms with Crippen LogP contribution >= 0.6 is 0 Å². The molecule has 0 aliphatic heterocycles. The molecule has 0 fully saturated rings. The van der Waals surface area contributed by atoms with Crippen molar-refractivity contribution in [2.24, 2.45) is 5.92 Å². The highest BCUT2D eigenvalue weighted by molar-refractivity contribution is 5.42. The Morgan fingerprint density at radius 1 is 1.33 bits per heavy atom. The van der Waals surface area contributed by atoms with E-state index in [1.807, 2.05) is 0 Å². The van der Waals surface area contributed by atoms with Crippen LogP contribution in [0.3, 0.4) is 0 Å². The van der Waals surface area contributed by atoms with Gasteiger partial charge in [0, 0.05) is 13.2 Å². The van der Waals surface area contributed by atoms with Crippen LogP contribution in [0.4, 0.5) is 0 Å². The Morgan fingerprint density at radius 2 is 2.10 bits per heavy atom. The van der Waals surface area contributed by atoms with Crippen LogP contribution in [0.5, 0.6) is 5.75 Å². The second-order valence-corrected chi connectivity index (χ2v) is 5.02. The number of nitrogens with one attached hydrogen (secondary N) is 1. The van der Waals surface area contributed by atoms with Crippen LogP contribution in [-0.2, 0) is 0 Å². The fourth-order valence-electron chi connectivity index (χ4n) is 2.02. The first-order chi connectivity index (χ1) is 10.2. The van der Waals surface area contributed by atoms with Crippen molar-refractivity contribution in [2.45, 2.75) is 25.9 Å². The summed E-state index contributed by atoms with van der Waals surface area (Å²) in [5.41, 5.74) is 0.464. The van der Waals surface area contributed by atoms with Crippen LogP contribution in [0.25, 0.3) is 0 Å². The van der Waals surface area contributed by atoms with Crippen LogP contribution in [-0.4, -0.2) is 42.6 Å². The summed E-state index contributed by atoms with van der Waals surface area (Å²) in [6.45, 7) is 3.61. The first-order valence-electron chi connectivity index (χ1n) is 7.32. The second-order valence-electron chi connectivity index (χ2n) is 5.02. The van der Waals surface area contributed by atoms with Gasteiger partial charge in [-0.25, -0.2) is 0 Å². The molecule has 1 aromatic rings. The molecule has 5 heteroatoms. The summed E-state index contributed by atoms with van der Waals surface area (Å²) in [7, 11) is 0. The molecule has 0 aromatic heterocycles. The van der Waals surface area contributed by atoms with E-state index in [0.717, 1.165) is 19.4 Å². The van der Waals surface area contributed by atoms with Gasteiger partial charge in [-0.15, -0.1) is 0 Å². The average molecular weight is 292 g/mol. The third-order valence-corrected chi connectivity index (χ3v) is 3.37. The zero-order chi connectivity index (χ0) is 15.5.